The van der Waals surface area contributed by atoms with Gasteiger partial charge in [-0.1, -0.05) is 18.1 Å². The largest absolute Gasteiger partial charge is 0.486 e. The van der Waals surface area contributed by atoms with Crippen molar-refractivity contribution in [2.24, 2.45) is 0 Å². The highest BCUT2D eigenvalue weighted by molar-refractivity contribution is 5.98. The fourth-order valence-electron chi connectivity index (χ4n) is 3.22. The summed E-state index contributed by atoms with van der Waals surface area (Å²) < 4.78 is 16.5. The van der Waals surface area contributed by atoms with Crippen LogP contribution < -0.4 is 9.47 Å². The SMILES string of the molecule is CCc1nc([C@@H]2CCCN2C(=O)c2cccc3c2OCCO3)no1. The number of amides is 1. The molecule has 7 heteroatoms. The number of fused-ring (bicyclic) bond motifs is 1. The highest BCUT2D eigenvalue weighted by Gasteiger charge is 2.35. The molecule has 0 spiro atoms. The van der Waals surface area contributed by atoms with E-state index in [1.54, 1.807) is 11.0 Å². The molecule has 2 aliphatic rings. The van der Waals surface area contributed by atoms with Gasteiger partial charge >= 0.3 is 0 Å². The van der Waals surface area contributed by atoms with Crippen LogP contribution in [0.2, 0.25) is 0 Å². The third kappa shape index (κ3) is 2.50. The van der Waals surface area contributed by atoms with Crippen molar-refractivity contribution in [1.29, 1.82) is 0 Å². The molecule has 24 heavy (non-hydrogen) atoms. The molecule has 3 heterocycles. The molecule has 126 valence electrons. The zero-order valence-electron chi connectivity index (χ0n) is 13.5. The number of benzene rings is 1. The van der Waals surface area contributed by atoms with E-state index < -0.39 is 0 Å². The van der Waals surface area contributed by atoms with Gasteiger partial charge in [0.25, 0.3) is 5.91 Å². The van der Waals surface area contributed by atoms with Crippen molar-refractivity contribution in [2.75, 3.05) is 19.8 Å². The first kappa shape index (κ1) is 15.0. The number of aromatic nitrogens is 2. The van der Waals surface area contributed by atoms with Gasteiger partial charge in [-0.15, -0.1) is 0 Å². The lowest BCUT2D eigenvalue weighted by Crippen LogP contribution is -2.32. The summed E-state index contributed by atoms with van der Waals surface area (Å²) in [6, 6.07) is 5.26. The van der Waals surface area contributed by atoms with Crippen molar-refractivity contribution in [2.45, 2.75) is 32.2 Å². The van der Waals surface area contributed by atoms with Crippen LogP contribution in [-0.2, 0) is 6.42 Å². The van der Waals surface area contributed by atoms with E-state index in [1.165, 1.54) is 0 Å². The maximum Gasteiger partial charge on any atom is 0.258 e. The van der Waals surface area contributed by atoms with E-state index in [-0.39, 0.29) is 11.9 Å². The van der Waals surface area contributed by atoms with Crippen LogP contribution in [0.4, 0.5) is 0 Å². The van der Waals surface area contributed by atoms with Gasteiger partial charge in [-0.2, -0.15) is 4.98 Å². The molecule has 7 nitrogen and oxygen atoms in total. The maximum absolute atomic E-state index is 13.1. The van der Waals surface area contributed by atoms with Crippen molar-refractivity contribution in [3.63, 3.8) is 0 Å². The second kappa shape index (κ2) is 6.14. The second-order valence-electron chi connectivity index (χ2n) is 5.89. The minimum absolute atomic E-state index is 0.0808. The second-order valence-corrected chi connectivity index (χ2v) is 5.89. The molecule has 0 bridgehead atoms. The molecular formula is C17H19N3O4. The van der Waals surface area contributed by atoms with E-state index in [9.17, 15) is 4.79 Å². The molecule has 0 N–H and O–H groups in total. The first-order chi connectivity index (χ1) is 11.8. The summed E-state index contributed by atoms with van der Waals surface area (Å²) in [6.45, 7) is 3.58. The number of carbonyl (C=O) groups is 1. The van der Waals surface area contributed by atoms with Gasteiger partial charge < -0.3 is 18.9 Å². The van der Waals surface area contributed by atoms with Crippen molar-refractivity contribution in [3.05, 3.63) is 35.5 Å². The van der Waals surface area contributed by atoms with Crippen LogP contribution in [0.5, 0.6) is 11.5 Å². The molecule has 0 saturated carbocycles. The summed E-state index contributed by atoms with van der Waals surface area (Å²) in [4.78, 5) is 19.3. The maximum atomic E-state index is 13.1. The first-order valence-corrected chi connectivity index (χ1v) is 8.30. The van der Waals surface area contributed by atoms with Gasteiger partial charge in [0.15, 0.2) is 17.3 Å². The number of para-hydroxylation sites is 1. The molecule has 0 radical (unpaired) electrons. The van der Waals surface area contributed by atoms with Crippen LogP contribution in [0.1, 0.15) is 47.9 Å². The highest BCUT2D eigenvalue weighted by Crippen LogP contribution is 2.37. The Kier molecular flexibility index (Phi) is 3.84. The number of carbonyl (C=O) groups excluding carboxylic acids is 1. The smallest absolute Gasteiger partial charge is 0.258 e. The highest BCUT2D eigenvalue weighted by atomic mass is 16.6. The first-order valence-electron chi connectivity index (χ1n) is 8.30. The van der Waals surface area contributed by atoms with Gasteiger partial charge in [0, 0.05) is 13.0 Å². The molecule has 1 fully saturated rings. The Balaban J connectivity index is 1.64. The average molecular weight is 329 g/mol. The van der Waals surface area contributed by atoms with Gasteiger partial charge in [0.05, 0.1) is 11.6 Å². The number of aryl methyl sites for hydroxylation is 1. The van der Waals surface area contributed by atoms with E-state index in [1.807, 2.05) is 19.1 Å². The molecule has 2 aliphatic heterocycles. The zero-order chi connectivity index (χ0) is 16.5. The summed E-state index contributed by atoms with van der Waals surface area (Å²) >= 11 is 0. The van der Waals surface area contributed by atoms with Crippen LogP contribution in [0.3, 0.4) is 0 Å². The molecule has 1 aromatic carbocycles. The normalized spacial score (nSPS) is 19.5. The third-order valence-corrected chi connectivity index (χ3v) is 4.39. The fraction of sp³-hybridized carbons (Fsp3) is 0.471. The Morgan fingerprint density at radius 2 is 2.21 bits per heavy atom. The predicted molar refractivity (Wildman–Crippen MR) is 84.1 cm³/mol. The molecule has 1 amide bonds. The Hall–Kier alpha value is -2.57. The summed E-state index contributed by atoms with van der Waals surface area (Å²) in [6.07, 6.45) is 2.44. The lowest BCUT2D eigenvalue weighted by Gasteiger charge is -2.25. The van der Waals surface area contributed by atoms with Crippen LogP contribution in [0.15, 0.2) is 22.7 Å². The van der Waals surface area contributed by atoms with Gasteiger partial charge in [0.1, 0.15) is 13.2 Å². The van der Waals surface area contributed by atoms with Gasteiger partial charge in [-0.05, 0) is 25.0 Å². The minimum Gasteiger partial charge on any atom is -0.486 e. The molecule has 1 aromatic heterocycles. The quantitative estimate of drug-likeness (QED) is 0.860. The Morgan fingerprint density at radius 3 is 3.04 bits per heavy atom. The standard InChI is InChI=1S/C17H19N3O4/c1-2-14-18-16(19-24-14)12-6-4-8-20(12)17(21)11-5-3-7-13-15(11)23-10-9-22-13/h3,5,7,12H,2,4,6,8-10H2,1H3/t12-/m0/s1. The molecular weight excluding hydrogens is 310 g/mol. The van der Waals surface area contributed by atoms with E-state index >= 15 is 0 Å². The number of nitrogens with zero attached hydrogens (tertiary/aromatic N) is 3. The molecule has 1 atom stereocenters. The monoisotopic (exact) mass is 329 g/mol. The van der Waals surface area contributed by atoms with Crippen molar-refractivity contribution in [1.82, 2.24) is 15.0 Å². The minimum atomic E-state index is -0.151. The van der Waals surface area contributed by atoms with Crippen LogP contribution in [-0.4, -0.2) is 40.7 Å². The average Bonchev–Trinajstić information content (AvgIpc) is 3.29. The summed E-state index contributed by atoms with van der Waals surface area (Å²) in [5.74, 6) is 2.25. The molecule has 4 rings (SSSR count). The molecule has 1 saturated heterocycles. The number of ether oxygens (including phenoxy) is 2. The van der Waals surface area contributed by atoms with Gasteiger partial charge in [0.2, 0.25) is 5.89 Å². The zero-order valence-corrected chi connectivity index (χ0v) is 13.5. The van der Waals surface area contributed by atoms with Crippen molar-refractivity contribution >= 4 is 5.91 Å². The lowest BCUT2D eigenvalue weighted by molar-refractivity contribution is 0.0718. The molecule has 0 aliphatic carbocycles. The predicted octanol–water partition coefficient (Wildman–Crippen LogP) is 2.38. The number of likely N-dealkylation sites (tertiary alicyclic amines) is 1. The van der Waals surface area contributed by atoms with E-state index in [0.29, 0.717) is 55.0 Å². The Morgan fingerprint density at radius 1 is 1.33 bits per heavy atom. The third-order valence-electron chi connectivity index (χ3n) is 4.39. The van der Waals surface area contributed by atoms with Crippen molar-refractivity contribution < 1.29 is 18.8 Å². The van der Waals surface area contributed by atoms with E-state index in [2.05, 4.69) is 10.1 Å². The summed E-state index contributed by atoms with van der Waals surface area (Å²) in [5, 5.41) is 4.05. The van der Waals surface area contributed by atoms with Gasteiger partial charge in [-0.25, -0.2) is 0 Å². The summed E-state index contributed by atoms with van der Waals surface area (Å²) in [5.41, 5.74) is 0.526. The molecule has 2 aromatic rings. The number of hydrogen-bond acceptors (Lipinski definition) is 6. The van der Waals surface area contributed by atoms with Gasteiger partial charge in [-0.3, -0.25) is 4.79 Å². The van der Waals surface area contributed by atoms with Crippen LogP contribution in [0.25, 0.3) is 0 Å². The summed E-state index contributed by atoms with van der Waals surface area (Å²) in [7, 11) is 0. The fourth-order valence-corrected chi connectivity index (χ4v) is 3.22. The number of hydrogen-bond donors (Lipinski definition) is 0. The Bertz CT molecular complexity index is 758. The van der Waals surface area contributed by atoms with E-state index in [0.717, 1.165) is 12.8 Å². The van der Waals surface area contributed by atoms with E-state index in [4.69, 9.17) is 14.0 Å². The lowest BCUT2D eigenvalue weighted by atomic mass is 10.1. The Labute approximate surface area is 139 Å². The van der Waals surface area contributed by atoms with Crippen LogP contribution in [0, 0.1) is 0 Å². The topological polar surface area (TPSA) is 77.7 Å². The number of rotatable bonds is 3. The molecule has 0 unspecified atom stereocenters. The van der Waals surface area contributed by atoms with Crippen molar-refractivity contribution in [3.8, 4) is 11.5 Å². The van der Waals surface area contributed by atoms with Crippen LogP contribution >= 0.6 is 0 Å².